The van der Waals surface area contributed by atoms with E-state index in [2.05, 4.69) is 15.0 Å². The Morgan fingerprint density at radius 2 is 2.07 bits per heavy atom. The van der Waals surface area contributed by atoms with Crippen molar-refractivity contribution in [3.63, 3.8) is 0 Å². The van der Waals surface area contributed by atoms with Gasteiger partial charge in [-0.25, -0.2) is 9.37 Å². The maximum absolute atomic E-state index is 13.9. The van der Waals surface area contributed by atoms with Gasteiger partial charge in [0.25, 0.3) is 5.56 Å². The second-order valence-corrected chi connectivity index (χ2v) is 8.03. The lowest BCUT2D eigenvalue weighted by Crippen LogP contribution is -2.30. The Labute approximate surface area is 156 Å². The first kappa shape index (κ1) is 17.5. The first-order valence-electron chi connectivity index (χ1n) is 8.39. The van der Waals surface area contributed by atoms with Crippen LogP contribution >= 0.6 is 11.8 Å². The number of H-pyrrole nitrogens is 2. The number of benzene rings is 2. The lowest BCUT2D eigenvalue weighted by atomic mass is 10.0. The third-order valence-corrected chi connectivity index (χ3v) is 6.17. The van der Waals surface area contributed by atoms with Gasteiger partial charge in [-0.1, -0.05) is 18.7 Å². The zero-order valence-electron chi connectivity index (χ0n) is 14.6. The summed E-state index contributed by atoms with van der Waals surface area (Å²) in [5.74, 6) is -1.37. The highest BCUT2D eigenvalue weighted by molar-refractivity contribution is 8.01. The number of fused-ring (bicyclic) bond motifs is 6. The van der Waals surface area contributed by atoms with Crippen molar-refractivity contribution in [3.05, 3.63) is 46.6 Å². The highest BCUT2D eigenvalue weighted by Crippen LogP contribution is 2.38. The molecule has 0 bridgehead atoms. The number of nitrogens with one attached hydrogen (secondary N) is 2. The van der Waals surface area contributed by atoms with Gasteiger partial charge in [-0.3, -0.25) is 9.59 Å². The molecule has 4 aromatic rings. The molecule has 0 spiro atoms. The quantitative estimate of drug-likeness (QED) is 0.364. The number of nitrogens with zero attached hydrogens (tertiary/aromatic N) is 1. The molecule has 0 fully saturated rings. The first-order chi connectivity index (χ1) is 12.8. The van der Waals surface area contributed by atoms with Crippen molar-refractivity contribution in [2.75, 3.05) is 0 Å². The maximum Gasteiger partial charge on any atom is 0.319 e. The predicted octanol–water partition coefficient (Wildman–Crippen LogP) is 4.04. The van der Waals surface area contributed by atoms with Crippen molar-refractivity contribution in [1.29, 1.82) is 0 Å². The number of carbonyl (C=O) groups is 1. The van der Waals surface area contributed by atoms with E-state index in [1.807, 2.05) is 0 Å². The average Bonchev–Trinajstić information content (AvgIpc) is 3.05. The van der Waals surface area contributed by atoms with Crippen LogP contribution in [0, 0.1) is 5.82 Å². The molecule has 8 heteroatoms. The molecule has 2 aromatic heterocycles. The monoisotopic (exact) mass is 385 g/mol. The molecule has 27 heavy (non-hydrogen) atoms. The average molecular weight is 385 g/mol. The summed E-state index contributed by atoms with van der Waals surface area (Å²) in [4.78, 5) is 34.4. The topological polar surface area (TPSA) is 98.8 Å². The summed E-state index contributed by atoms with van der Waals surface area (Å²) in [6.45, 7) is 3.44. The minimum absolute atomic E-state index is 0.328. The SMILES string of the molecule is CCC(C)(Sc1nc2c3cc[nH]c(=O)c3c3cc(F)ccc3c2[nH]1)C(=O)O. The smallest absolute Gasteiger partial charge is 0.319 e. The second kappa shape index (κ2) is 6.09. The van der Waals surface area contributed by atoms with Gasteiger partial charge < -0.3 is 15.1 Å². The van der Waals surface area contributed by atoms with Crippen LogP contribution in [0.4, 0.5) is 4.39 Å². The minimum atomic E-state index is -1.04. The number of pyridine rings is 1. The Morgan fingerprint density at radius 1 is 1.30 bits per heavy atom. The number of hydrogen-bond donors (Lipinski definition) is 3. The first-order valence-corrected chi connectivity index (χ1v) is 9.20. The van der Waals surface area contributed by atoms with Crippen LogP contribution in [0.3, 0.4) is 0 Å². The molecule has 3 N–H and O–H groups in total. The van der Waals surface area contributed by atoms with Crippen LogP contribution in [0.5, 0.6) is 0 Å². The number of carboxylic acids is 1. The molecule has 2 heterocycles. The normalized spacial score (nSPS) is 14.0. The molecule has 0 saturated heterocycles. The lowest BCUT2D eigenvalue weighted by Gasteiger charge is -2.20. The fourth-order valence-corrected chi connectivity index (χ4v) is 4.10. The van der Waals surface area contributed by atoms with E-state index in [0.29, 0.717) is 44.2 Å². The molecule has 0 aliphatic carbocycles. The number of halogens is 1. The van der Waals surface area contributed by atoms with Crippen LogP contribution in [-0.2, 0) is 4.79 Å². The Morgan fingerprint density at radius 3 is 2.78 bits per heavy atom. The molecule has 4 rings (SSSR count). The number of carboxylic acid groups (broad SMARTS) is 1. The fourth-order valence-electron chi connectivity index (χ4n) is 3.15. The molecular weight excluding hydrogens is 369 g/mol. The number of imidazole rings is 1. The van der Waals surface area contributed by atoms with Gasteiger partial charge in [-0.15, -0.1) is 0 Å². The van der Waals surface area contributed by atoms with Crippen molar-refractivity contribution in [3.8, 4) is 0 Å². The van der Waals surface area contributed by atoms with Gasteiger partial charge in [-0.2, -0.15) is 0 Å². The van der Waals surface area contributed by atoms with Gasteiger partial charge in [-0.05, 0) is 37.6 Å². The maximum atomic E-state index is 13.9. The van der Waals surface area contributed by atoms with Crippen LogP contribution in [-0.4, -0.2) is 30.8 Å². The van der Waals surface area contributed by atoms with E-state index in [-0.39, 0.29) is 5.56 Å². The van der Waals surface area contributed by atoms with E-state index in [4.69, 9.17) is 0 Å². The van der Waals surface area contributed by atoms with E-state index < -0.39 is 16.5 Å². The van der Waals surface area contributed by atoms with Crippen molar-refractivity contribution in [2.24, 2.45) is 0 Å². The summed E-state index contributed by atoms with van der Waals surface area (Å²) >= 11 is 1.12. The second-order valence-electron chi connectivity index (χ2n) is 6.54. The molecule has 0 radical (unpaired) electrons. The Balaban J connectivity index is 2.08. The molecular formula is C19H16FN3O3S. The zero-order chi connectivity index (χ0) is 19.3. The fraction of sp³-hybridized carbons (Fsp3) is 0.211. The van der Waals surface area contributed by atoms with Crippen LogP contribution < -0.4 is 5.56 Å². The van der Waals surface area contributed by atoms with Crippen molar-refractivity contribution in [1.82, 2.24) is 15.0 Å². The summed E-state index contributed by atoms with van der Waals surface area (Å²) in [6.07, 6.45) is 1.93. The summed E-state index contributed by atoms with van der Waals surface area (Å²) in [5.41, 5.74) is 0.877. The molecule has 2 aromatic carbocycles. The minimum Gasteiger partial charge on any atom is -0.480 e. The third kappa shape index (κ3) is 2.68. The van der Waals surface area contributed by atoms with Gasteiger partial charge in [0.05, 0.1) is 16.4 Å². The largest absolute Gasteiger partial charge is 0.480 e. The number of rotatable bonds is 4. The van der Waals surface area contributed by atoms with Crippen molar-refractivity contribution < 1.29 is 14.3 Å². The molecule has 0 saturated carbocycles. The van der Waals surface area contributed by atoms with E-state index in [1.54, 1.807) is 26.0 Å². The number of aromatic amines is 2. The molecule has 0 aliphatic rings. The van der Waals surface area contributed by atoms with Gasteiger partial charge in [0.1, 0.15) is 10.6 Å². The Hall–Kier alpha value is -2.87. The van der Waals surface area contributed by atoms with Crippen molar-refractivity contribution >= 4 is 50.3 Å². The number of hydrogen-bond acceptors (Lipinski definition) is 4. The van der Waals surface area contributed by atoms with Crippen LogP contribution in [0.15, 0.2) is 40.4 Å². The van der Waals surface area contributed by atoms with E-state index in [9.17, 15) is 19.1 Å². The molecule has 138 valence electrons. The predicted molar refractivity (Wildman–Crippen MR) is 104 cm³/mol. The number of aliphatic carboxylic acids is 1. The van der Waals surface area contributed by atoms with Crippen LogP contribution in [0.25, 0.3) is 32.6 Å². The molecule has 0 aliphatic heterocycles. The highest BCUT2D eigenvalue weighted by atomic mass is 32.2. The summed E-state index contributed by atoms with van der Waals surface area (Å²) in [6, 6.07) is 5.97. The summed E-state index contributed by atoms with van der Waals surface area (Å²) in [7, 11) is 0. The van der Waals surface area contributed by atoms with Gasteiger partial charge >= 0.3 is 5.97 Å². The van der Waals surface area contributed by atoms with E-state index in [0.717, 1.165) is 11.8 Å². The van der Waals surface area contributed by atoms with Gasteiger partial charge in [0.2, 0.25) is 0 Å². The number of aromatic nitrogens is 3. The van der Waals surface area contributed by atoms with Gasteiger partial charge in [0, 0.05) is 22.4 Å². The summed E-state index contributed by atoms with van der Waals surface area (Å²) < 4.78 is 12.8. The third-order valence-electron chi connectivity index (χ3n) is 4.87. The summed E-state index contributed by atoms with van der Waals surface area (Å²) in [5, 5.41) is 12.1. The van der Waals surface area contributed by atoms with E-state index in [1.165, 1.54) is 18.3 Å². The Bertz CT molecular complexity index is 1280. The Kier molecular flexibility index (Phi) is 3.96. The highest BCUT2D eigenvalue weighted by Gasteiger charge is 2.34. The molecule has 0 amide bonds. The van der Waals surface area contributed by atoms with E-state index >= 15 is 0 Å². The molecule has 6 nitrogen and oxygen atoms in total. The lowest BCUT2D eigenvalue weighted by molar-refractivity contribution is -0.139. The van der Waals surface area contributed by atoms with Crippen LogP contribution in [0.1, 0.15) is 20.3 Å². The van der Waals surface area contributed by atoms with Gasteiger partial charge in [0.15, 0.2) is 5.16 Å². The molecule has 1 atom stereocenters. The standard InChI is InChI=1S/C19H16FN3O3S/c1-3-19(2,17(25)26)27-18-22-14-10-5-4-9(20)8-12(10)13-11(15(14)23-18)6-7-21-16(13)24/h4-8H,3H2,1-2H3,(H,21,24)(H,22,23)(H,25,26). The van der Waals surface area contributed by atoms with Crippen molar-refractivity contribution in [2.45, 2.75) is 30.2 Å². The molecule has 1 unspecified atom stereocenters. The van der Waals surface area contributed by atoms with Crippen LogP contribution in [0.2, 0.25) is 0 Å². The zero-order valence-corrected chi connectivity index (χ0v) is 15.4. The number of thioether (sulfide) groups is 1.